The Morgan fingerprint density at radius 2 is 2.11 bits per heavy atom. The number of rotatable bonds is 1. The van der Waals surface area contributed by atoms with Gasteiger partial charge in [0.2, 0.25) is 0 Å². The van der Waals surface area contributed by atoms with E-state index in [0.29, 0.717) is 0 Å². The van der Waals surface area contributed by atoms with Gasteiger partial charge in [-0.25, -0.2) is 0 Å². The lowest BCUT2D eigenvalue weighted by atomic mass is 10.1. The second kappa shape index (κ2) is 2.70. The Labute approximate surface area is 58.0 Å². The zero-order chi connectivity index (χ0) is 6.85. The minimum atomic E-state index is 0.829. The van der Waals surface area contributed by atoms with Crippen molar-refractivity contribution in [3.8, 4) is 0 Å². The molecule has 1 aliphatic heterocycles. The molecule has 1 rings (SSSR count). The molecule has 1 aliphatic rings. The van der Waals surface area contributed by atoms with Gasteiger partial charge in [-0.3, -0.25) is 0 Å². The van der Waals surface area contributed by atoms with Crippen LogP contribution < -0.4 is 0 Å². The molecule has 0 unspecified atom stereocenters. The molecule has 0 aliphatic carbocycles. The van der Waals surface area contributed by atoms with E-state index in [0.717, 1.165) is 12.0 Å². The van der Waals surface area contributed by atoms with Crippen LogP contribution in [0.1, 0.15) is 27.2 Å². The van der Waals surface area contributed by atoms with Gasteiger partial charge in [0, 0.05) is 6.04 Å². The normalized spacial score (nSPS) is 37.7. The van der Waals surface area contributed by atoms with Crippen LogP contribution in [0.4, 0.5) is 0 Å². The monoisotopic (exact) mass is 127 g/mol. The Morgan fingerprint density at radius 3 is 2.33 bits per heavy atom. The first kappa shape index (κ1) is 7.07. The van der Waals surface area contributed by atoms with Gasteiger partial charge in [0.25, 0.3) is 0 Å². The van der Waals surface area contributed by atoms with Crippen molar-refractivity contribution in [3.05, 3.63) is 0 Å². The zero-order valence-electron chi connectivity index (χ0n) is 6.72. The van der Waals surface area contributed by atoms with Crippen LogP contribution in [0.5, 0.6) is 0 Å². The lowest BCUT2D eigenvalue weighted by molar-refractivity contribution is 0.260. The van der Waals surface area contributed by atoms with Crippen LogP contribution in [-0.4, -0.2) is 24.0 Å². The molecule has 54 valence electrons. The van der Waals surface area contributed by atoms with E-state index in [9.17, 15) is 0 Å². The number of hydrogen-bond donors (Lipinski definition) is 0. The van der Waals surface area contributed by atoms with Gasteiger partial charge >= 0.3 is 0 Å². The highest BCUT2D eigenvalue weighted by Crippen LogP contribution is 2.22. The topological polar surface area (TPSA) is 3.24 Å². The standard InChI is InChI=1S/C8H17N/c1-4-9-6-5-7(2)8(9)3/h7-8H,4-6H2,1-3H3/t7-,8+/m0/s1. The molecule has 1 nitrogen and oxygen atoms in total. The quantitative estimate of drug-likeness (QED) is 0.518. The van der Waals surface area contributed by atoms with Crippen LogP contribution >= 0.6 is 0 Å². The van der Waals surface area contributed by atoms with Gasteiger partial charge in [0.1, 0.15) is 0 Å². The molecule has 1 fully saturated rings. The molecule has 0 amide bonds. The Balaban J connectivity index is 2.41. The fourth-order valence-electron chi connectivity index (χ4n) is 1.62. The fraction of sp³-hybridized carbons (Fsp3) is 1.00. The summed E-state index contributed by atoms with van der Waals surface area (Å²) in [5.41, 5.74) is 0. The van der Waals surface area contributed by atoms with Gasteiger partial charge in [0.05, 0.1) is 0 Å². The minimum Gasteiger partial charge on any atom is -0.301 e. The number of nitrogens with zero attached hydrogens (tertiary/aromatic N) is 1. The van der Waals surface area contributed by atoms with E-state index < -0.39 is 0 Å². The van der Waals surface area contributed by atoms with Gasteiger partial charge in [0.15, 0.2) is 0 Å². The summed E-state index contributed by atoms with van der Waals surface area (Å²) in [4.78, 5) is 2.55. The van der Waals surface area contributed by atoms with Gasteiger partial charge in [-0.15, -0.1) is 0 Å². The maximum absolute atomic E-state index is 2.55. The molecule has 0 radical (unpaired) electrons. The molecule has 0 saturated carbocycles. The van der Waals surface area contributed by atoms with Crippen LogP contribution in [0.25, 0.3) is 0 Å². The highest BCUT2D eigenvalue weighted by atomic mass is 15.2. The molecule has 0 aromatic carbocycles. The average Bonchev–Trinajstić information content (AvgIpc) is 2.15. The molecule has 0 N–H and O–H groups in total. The van der Waals surface area contributed by atoms with Crippen molar-refractivity contribution in [2.24, 2.45) is 5.92 Å². The molecule has 1 heterocycles. The molecule has 1 saturated heterocycles. The van der Waals surface area contributed by atoms with Crippen LogP contribution in [-0.2, 0) is 0 Å². The zero-order valence-corrected chi connectivity index (χ0v) is 6.72. The van der Waals surface area contributed by atoms with Gasteiger partial charge in [-0.2, -0.15) is 0 Å². The molecule has 0 bridgehead atoms. The molecule has 0 aromatic rings. The van der Waals surface area contributed by atoms with E-state index in [-0.39, 0.29) is 0 Å². The highest BCUT2D eigenvalue weighted by molar-refractivity contribution is 4.79. The third kappa shape index (κ3) is 1.26. The summed E-state index contributed by atoms with van der Waals surface area (Å²) in [6, 6.07) is 0.829. The van der Waals surface area contributed by atoms with Crippen LogP contribution in [0.15, 0.2) is 0 Å². The summed E-state index contributed by atoms with van der Waals surface area (Å²) in [6.07, 6.45) is 1.40. The second-order valence-corrected chi connectivity index (χ2v) is 3.14. The van der Waals surface area contributed by atoms with Gasteiger partial charge in [-0.05, 0) is 32.4 Å². The van der Waals surface area contributed by atoms with Gasteiger partial charge in [-0.1, -0.05) is 13.8 Å². The molecule has 0 spiro atoms. The lowest BCUT2D eigenvalue weighted by Gasteiger charge is -2.20. The lowest BCUT2D eigenvalue weighted by Crippen LogP contribution is -2.28. The summed E-state index contributed by atoms with van der Waals surface area (Å²) in [7, 11) is 0. The Hall–Kier alpha value is -0.0400. The van der Waals surface area contributed by atoms with Crippen molar-refractivity contribution >= 4 is 0 Å². The van der Waals surface area contributed by atoms with Crippen molar-refractivity contribution in [2.45, 2.75) is 33.2 Å². The highest BCUT2D eigenvalue weighted by Gasteiger charge is 2.25. The van der Waals surface area contributed by atoms with E-state index in [4.69, 9.17) is 0 Å². The van der Waals surface area contributed by atoms with Crippen LogP contribution in [0, 0.1) is 5.92 Å². The predicted octanol–water partition coefficient (Wildman–Crippen LogP) is 1.74. The largest absolute Gasteiger partial charge is 0.301 e. The van der Waals surface area contributed by atoms with Crippen molar-refractivity contribution in [2.75, 3.05) is 13.1 Å². The first-order chi connectivity index (χ1) is 4.25. The molecule has 2 atom stereocenters. The van der Waals surface area contributed by atoms with Crippen molar-refractivity contribution < 1.29 is 0 Å². The van der Waals surface area contributed by atoms with E-state index in [1.54, 1.807) is 0 Å². The Kier molecular flexibility index (Phi) is 2.12. The summed E-state index contributed by atoms with van der Waals surface area (Å²) in [5, 5.41) is 0. The third-order valence-corrected chi connectivity index (χ3v) is 2.68. The Morgan fingerprint density at radius 1 is 1.44 bits per heavy atom. The first-order valence-electron chi connectivity index (χ1n) is 3.99. The van der Waals surface area contributed by atoms with Crippen molar-refractivity contribution in [1.29, 1.82) is 0 Å². The summed E-state index contributed by atoms with van der Waals surface area (Å²) in [5.74, 6) is 0.921. The maximum atomic E-state index is 2.55. The SMILES string of the molecule is CCN1CC[C@H](C)[C@H]1C. The minimum absolute atomic E-state index is 0.829. The first-order valence-corrected chi connectivity index (χ1v) is 3.99. The van der Waals surface area contributed by atoms with E-state index >= 15 is 0 Å². The number of hydrogen-bond acceptors (Lipinski definition) is 1. The van der Waals surface area contributed by atoms with E-state index in [2.05, 4.69) is 25.7 Å². The maximum Gasteiger partial charge on any atom is 0.00929 e. The van der Waals surface area contributed by atoms with E-state index in [1.165, 1.54) is 19.5 Å². The molecular weight excluding hydrogens is 110 g/mol. The van der Waals surface area contributed by atoms with Crippen molar-refractivity contribution in [1.82, 2.24) is 4.90 Å². The third-order valence-electron chi connectivity index (χ3n) is 2.68. The van der Waals surface area contributed by atoms with Crippen LogP contribution in [0.2, 0.25) is 0 Å². The van der Waals surface area contributed by atoms with Crippen LogP contribution in [0.3, 0.4) is 0 Å². The van der Waals surface area contributed by atoms with Gasteiger partial charge < -0.3 is 4.90 Å². The Bertz CT molecular complexity index is 90.6. The summed E-state index contributed by atoms with van der Waals surface area (Å²) >= 11 is 0. The summed E-state index contributed by atoms with van der Waals surface area (Å²) < 4.78 is 0. The average molecular weight is 127 g/mol. The second-order valence-electron chi connectivity index (χ2n) is 3.14. The smallest absolute Gasteiger partial charge is 0.00929 e. The van der Waals surface area contributed by atoms with Crippen molar-refractivity contribution in [3.63, 3.8) is 0 Å². The fourth-order valence-corrected chi connectivity index (χ4v) is 1.62. The molecule has 9 heavy (non-hydrogen) atoms. The molecular formula is C8H17N. The predicted molar refractivity (Wildman–Crippen MR) is 40.5 cm³/mol. The summed E-state index contributed by atoms with van der Waals surface area (Å²) in [6.45, 7) is 9.47. The molecule has 0 aromatic heterocycles. The van der Waals surface area contributed by atoms with E-state index in [1.807, 2.05) is 0 Å². The number of likely N-dealkylation sites (tertiary alicyclic amines) is 1. The molecule has 1 heteroatoms.